The molecule has 0 aliphatic heterocycles. The van der Waals surface area contributed by atoms with E-state index in [2.05, 4.69) is 36.8 Å². The van der Waals surface area contributed by atoms with Gasteiger partial charge in [-0.15, -0.1) is 11.8 Å². The topological polar surface area (TPSA) is 197 Å². The van der Waals surface area contributed by atoms with Crippen LogP contribution in [0.3, 0.4) is 0 Å². The van der Waals surface area contributed by atoms with Crippen LogP contribution >= 0.6 is 0 Å². The lowest BCUT2D eigenvalue weighted by Crippen LogP contribution is -2.71. The molecule has 0 amide bonds. The number of hydrogen-bond acceptors (Lipinski definition) is 7. The van der Waals surface area contributed by atoms with E-state index >= 15 is 4.79 Å². The van der Waals surface area contributed by atoms with E-state index in [0.717, 1.165) is 5.56 Å². The van der Waals surface area contributed by atoms with Crippen molar-refractivity contribution >= 4 is 29.6 Å². The summed E-state index contributed by atoms with van der Waals surface area (Å²) >= 11 is 0. The number of ketones is 2. The maximum Gasteiger partial charge on any atom is 0.331 e. The van der Waals surface area contributed by atoms with Crippen LogP contribution in [-0.4, -0.2) is 66.8 Å². The van der Waals surface area contributed by atoms with Crippen LogP contribution in [0.15, 0.2) is 88.5 Å². The molecule has 0 radical (unpaired) electrons. The molecule has 59 heavy (non-hydrogen) atoms. The number of nitrogens with zero attached hydrogens (tertiary/aromatic N) is 1. The summed E-state index contributed by atoms with van der Waals surface area (Å²) in [5, 5.41) is 50.5. The van der Waals surface area contributed by atoms with E-state index in [1.807, 2.05) is 62.4 Å². The van der Waals surface area contributed by atoms with E-state index < -0.39 is 79.6 Å². The largest absolute Gasteiger partial charge is 0.478 e. The highest BCUT2D eigenvalue weighted by Gasteiger charge is 2.83. The third kappa shape index (κ3) is 4.93. The van der Waals surface area contributed by atoms with Crippen molar-refractivity contribution in [2.75, 3.05) is 0 Å². The molecule has 13 atom stereocenters. The summed E-state index contributed by atoms with van der Waals surface area (Å²) in [5.41, 5.74) is 4.15. The second-order valence-corrected chi connectivity index (χ2v) is 20.0. The van der Waals surface area contributed by atoms with Gasteiger partial charge in [0.25, 0.3) is 0 Å². The molecule has 1 aromatic carbocycles. The fourth-order valence-electron chi connectivity index (χ4n) is 15.2. The highest BCUT2D eigenvalue weighted by molar-refractivity contribution is 6.02. The van der Waals surface area contributed by atoms with Gasteiger partial charge >= 0.3 is 5.97 Å². The summed E-state index contributed by atoms with van der Waals surface area (Å²) in [6.07, 6.45) is 15.9. The lowest BCUT2D eigenvalue weighted by molar-refractivity contribution is -0.170. The number of hydrogen-bond donors (Lipinski definition) is 6. The summed E-state index contributed by atoms with van der Waals surface area (Å²) in [7, 11) is 0. The number of fused-ring (bicyclic) bond motifs is 2. The summed E-state index contributed by atoms with van der Waals surface area (Å²) in [4.78, 5) is 47.0. The number of nitrogens with two attached hydrogens (primary N) is 2. The number of allylic oxidation sites excluding steroid dienone is 2. The fourth-order valence-corrected chi connectivity index (χ4v) is 15.2. The Morgan fingerprint density at radius 3 is 2.41 bits per heavy atom. The van der Waals surface area contributed by atoms with Gasteiger partial charge in [-0.05, 0) is 79.1 Å². The number of rotatable bonds is 5. The molecule has 310 valence electrons. The highest BCUT2D eigenvalue weighted by Crippen LogP contribution is 2.83. The van der Waals surface area contributed by atoms with Gasteiger partial charge in [0.15, 0.2) is 11.7 Å². The van der Waals surface area contributed by atoms with Crippen LogP contribution in [-0.2, 0) is 14.4 Å². The van der Waals surface area contributed by atoms with Gasteiger partial charge in [-0.1, -0.05) is 88.4 Å². The molecular weight excluding hydrogens is 743 g/mol. The van der Waals surface area contributed by atoms with Crippen molar-refractivity contribution in [3.8, 4) is 11.8 Å². The molecule has 13 unspecified atom stereocenters. The van der Waals surface area contributed by atoms with E-state index in [4.69, 9.17) is 11.5 Å². The molecule has 0 aromatic heterocycles. The van der Waals surface area contributed by atoms with Gasteiger partial charge in [-0.3, -0.25) is 9.59 Å². The lowest BCUT2D eigenvalue weighted by atomic mass is 9.34. The van der Waals surface area contributed by atoms with Gasteiger partial charge in [0.2, 0.25) is 0 Å². The Morgan fingerprint density at radius 1 is 0.949 bits per heavy atom. The number of aliphatic carboxylic acids is 1. The zero-order valence-corrected chi connectivity index (χ0v) is 34.5. The molecule has 2 fully saturated rings. The number of aliphatic imine (C=N–C) groups is 1. The van der Waals surface area contributed by atoms with Gasteiger partial charge in [-0.25, -0.2) is 9.79 Å². The summed E-state index contributed by atoms with van der Waals surface area (Å²) in [5.74, 6) is 3.14. The second-order valence-electron chi connectivity index (χ2n) is 20.0. The van der Waals surface area contributed by atoms with Crippen molar-refractivity contribution in [1.29, 1.82) is 0 Å². The first kappa shape index (κ1) is 39.9. The van der Waals surface area contributed by atoms with Crippen LogP contribution in [0.5, 0.6) is 0 Å². The standard InChI is InChI=1S/C49H57N3O7/c1-29-36(46(57)20-11-14-31(26-46)40(55)56)33(52-41(50)51)17-23-45(29)28-47(58)24-25-48(59)32(16-15-30-12-7-5-8-13-30)38-42(2)19-9-6-10-21-49(47)39(48)37(34(53)27-44(45,49)4)43(38,3)22-18-35(42)54/h5,7-8,12-13,15-17,23-26,29,32-33,36,38,57-59H,10-11,14,18-22,27-28H2,1-4H3,(H,55,56)(H4,50,51,52). The Bertz CT molecular complexity index is 2310. The summed E-state index contributed by atoms with van der Waals surface area (Å²) in [6, 6.07) is 9.12. The molecule has 9 rings (SSSR count). The van der Waals surface area contributed by atoms with Crippen molar-refractivity contribution in [1.82, 2.24) is 0 Å². The molecule has 8 aliphatic rings. The first-order valence-electron chi connectivity index (χ1n) is 21.4. The first-order valence-corrected chi connectivity index (χ1v) is 21.4. The van der Waals surface area contributed by atoms with Crippen LogP contribution in [0.25, 0.3) is 6.08 Å². The number of carbonyl (C=O) groups excluding carboxylic acids is 2. The number of Topliss-reactive ketones (excluding diaryl/α,β-unsaturated/α-hetero) is 2. The smallest absolute Gasteiger partial charge is 0.331 e. The van der Waals surface area contributed by atoms with Gasteiger partial charge < -0.3 is 31.9 Å². The Balaban J connectivity index is 1.34. The lowest BCUT2D eigenvalue weighted by Gasteiger charge is -2.69. The molecule has 1 aromatic rings. The predicted molar refractivity (Wildman–Crippen MR) is 224 cm³/mol. The number of guanidine groups is 1. The van der Waals surface area contributed by atoms with Gasteiger partial charge in [-0.2, -0.15) is 0 Å². The summed E-state index contributed by atoms with van der Waals surface area (Å²) < 4.78 is 0. The molecule has 10 heteroatoms. The van der Waals surface area contributed by atoms with E-state index in [1.165, 1.54) is 6.08 Å². The Labute approximate surface area is 346 Å². The third-order valence-corrected chi connectivity index (χ3v) is 17.5. The Kier molecular flexibility index (Phi) is 8.60. The van der Waals surface area contributed by atoms with Crippen molar-refractivity contribution in [2.45, 2.75) is 115 Å². The van der Waals surface area contributed by atoms with Gasteiger partial charge in [0.05, 0.1) is 17.2 Å². The fraction of sp³-hybridized carbons (Fsp3) is 0.551. The van der Waals surface area contributed by atoms with Crippen LogP contribution in [0.1, 0.15) is 97.5 Å². The molecule has 2 saturated carbocycles. The minimum absolute atomic E-state index is 0.0476. The van der Waals surface area contributed by atoms with Crippen LogP contribution in [0.2, 0.25) is 0 Å². The Morgan fingerprint density at radius 2 is 1.69 bits per heavy atom. The molecule has 0 saturated heterocycles. The van der Waals surface area contributed by atoms with Crippen molar-refractivity contribution in [2.24, 2.45) is 67.2 Å². The average molecular weight is 800 g/mol. The second kappa shape index (κ2) is 12.7. The zero-order chi connectivity index (χ0) is 42.2. The molecular formula is C49H57N3O7. The number of carboxylic acids is 1. The average Bonchev–Trinajstić information content (AvgIpc) is 3.33. The SMILES string of the molecule is CC1C(C2(O)C=C(C(=O)O)CCC2)C(N=C(N)N)C=CC12CC1(O)C=CC3(O)C4=C5C(=O)CC2(C)C41CCC#CCC1(C)C(=O)CCC5(C)C1C3C=Cc1ccccc1. The molecule has 4 bridgehead atoms. The van der Waals surface area contributed by atoms with Crippen LogP contribution < -0.4 is 11.5 Å². The van der Waals surface area contributed by atoms with E-state index in [0.29, 0.717) is 43.3 Å². The van der Waals surface area contributed by atoms with E-state index in [-0.39, 0.29) is 55.2 Å². The van der Waals surface area contributed by atoms with E-state index in [1.54, 1.807) is 12.2 Å². The normalized spacial score (nSPS) is 46.8. The minimum Gasteiger partial charge on any atom is -0.478 e. The van der Waals surface area contributed by atoms with E-state index in [9.17, 15) is 30.0 Å². The molecule has 8 aliphatic carbocycles. The quantitative estimate of drug-likeness (QED) is 0.0954. The molecule has 0 heterocycles. The number of aliphatic hydroxyl groups is 3. The van der Waals surface area contributed by atoms with Crippen molar-refractivity contribution in [3.63, 3.8) is 0 Å². The monoisotopic (exact) mass is 799 g/mol. The third-order valence-electron chi connectivity index (χ3n) is 17.5. The number of carbonyl (C=O) groups is 3. The molecule has 10 nitrogen and oxygen atoms in total. The summed E-state index contributed by atoms with van der Waals surface area (Å²) in [6.45, 7) is 8.19. The number of carboxylic acid groups (broad SMARTS) is 1. The van der Waals surface area contributed by atoms with Crippen molar-refractivity contribution in [3.05, 3.63) is 89.1 Å². The molecule has 8 N–H and O–H groups in total. The highest BCUT2D eigenvalue weighted by atomic mass is 16.4. The molecule has 2 spiro atoms. The maximum absolute atomic E-state index is 15.7. The van der Waals surface area contributed by atoms with Gasteiger partial charge in [0, 0.05) is 70.3 Å². The maximum atomic E-state index is 15.7. The zero-order valence-electron chi connectivity index (χ0n) is 34.5. The van der Waals surface area contributed by atoms with Crippen molar-refractivity contribution < 1.29 is 34.8 Å². The van der Waals surface area contributed by atoms with Crippen LogP contribution in [0.4, 0.5) is 0 Å². The predicted octanol–water partition coefficient (Wildman–Crippen LogP) is 5.58. The minimum atomic E-state index is -1.76. The number of benzene rings is 1. The Hall–Kier alpha value is -4.56. The first-order chi connectivity index (χ1) is 27.8. The van der Waals surface area contributed by atoms with Gasteiger partial charge in [0.1, 0.15) is 11.4 Å². The van der Waals surface area contributed by atoms with Crippen LogP contribution in [0, 0.1) is 62.6 Å².